The molecule has 0 saturated carbocycles. The van der Waals surface area contributed by atoms with E-state index in [0.29, 0.717) is 13.1 Å². The van der Waals surface area contributed by atoms with Gasteiger partial charge in [0.1, 0.15) is 11.2 Å². The van der Waals surface area contributed by atoms with Crippen molar-refractivity contribution in [1.82, 2.24) is 10.2 Å². The Bertz CT molecular complexity index is 411. The zero-order chi connectivity index (χ0) is 17.2. The van der Waals surface area contributed by atoms with Crippen molar-refractivity contribution in [3.63, 3.8) is 0 Å². The molecule has 1 saturated heterocycles. The number of carbonyl (C=O) groups is 2. The van der Waals surface area contributed by atoms with Crippen LogP contribution >= 0.6 is 0 Å². The quantitative estimate of drug-likeness (QED) is 0.828. The van der Waals surface area contributed by atoms with Gasteiger partial charge in [-0.3, -0.25) is 0 Å². The highest BCUT2D eigenvalue weighted by Gasteiger charge is 2.46. The molecule has 2 N–H and O–H groups in total. The molecule has 0 aromatic rings. The SMILES string of the molecule is CC(C)(C)OC(=O)NCC1(CO)CN(C(=O)OC(C)(C)C)C1. The molecule has 1 rings (SSSR count). The summed E-state index contributed by atoms with van der Waals surface area (Å²) >= 11 is 0. The molecule has 7 heteroatoms. The molecule has 2 amide bonds. The normalized spacial score (nSPS) is 17.5. The van der Waals surface area contributed by atoms with Crippen molar-refractivity contribution in [1.29, 1.82) is 0 Å². The molecule has 128 valence electrons. The van der Waals surface area contributed by atoms with Crippen LogP contribution in [0.25, 0.3) is 0 Å². The maximum Gasteiger partial charge on any atom is 0.410 e. The van der Waals surface area contributed by atoms with Crippen molar-refractivity contribution < 1.29 is 24.2 Å². The zero-order valence-corrected chi connectivity index (χ0v) is 14.4. The van der Waals surface area contributed by atoms with E-state index in [1.54, 1.807) is 41.5 Å². The van der Waals surface area contributed by atoms with Crippen LogP contribution in [0.4, 0.5) is 9.59 Å². The fraction of sp³-hybridized carbons (Fsp3) is 0.867. The number of ether oxygens (including phenoxy) is 2. The third-order valence-corrected chi connectivity index (χ3v) is 3.05. The second kappa shape index (κ2) is 6.32. The van der Waals surface area contributed by atoms with Gasteiger partial charge in [0.15, 0.2) is 0 Å². The van der Waals surface area contributed by atoms with E-state index in [4.69, 9.17) is 9.47 Å². The van der Waals surface area contributed by atoms with E-state index in [9.17, 15) is 14.7 Å². The van der Waals surface area contributed by atoms with Gasteiger partial charge in [-0.05, 0) is 41.5 Å². The van der Waals surface area contributed by atoms with Gasteiger partial charge in [-0.15, -0.1) is 0 Å². The van der Waals surface area contributed by atoms with Gasteiger partial charge < -0.3 is 24.8 Å². The summed E-state index contributed by atoms with van der Waals surface area (Å²) in [6.45, 7) is 11.5. The molecular formula is C15H28N2O5. The van der Waals surface area contributed by atoms with E-state index in [2.05, 4.69) is 5.32 Å². The third kappa shape index (κ3) is 5.71. The van der Waals surface area contributed by atoms with E-state index >= 15 is 0 Å². The second-order valence-electron chi connectivity index (χ2n) is 7.85. The van der Waals surface area contributed by atoms with Crippen LogP contribution in [0.3, 0.4) is 0 Å². The van der Waals surface area contributed by atoms with E-state index < -0.39 is 28.8 Å². The number of rotatable bonds is 3. The highest BCUT2D eigenvalue weighted by Crippen LogP contribution is 2.30. The topological polar surface area (TPSA) is 88.1 Å². The predicted octanol–water partition coefficient (Wildman–Crippen LogP) is 1.74. The monoisotopic (exact) mass is 316 g/mol. The first-order valence-corrected chi connectivity index (χ1v) is 7.41. The fourth-order valence-corrected chi connectivity index (χ4v) is 2.06. The molecule has 0 unspecified atom stereocenters. The molecule has 22 heavy (non-hydrogen) atoms. The summed E-state index contributed by atoms with van der Waals surface area (Å²) in [5.41, 5.74) is -1.66. The maximum atomic E-state index is 11.9. The van der Waals surface area contributed by atoms with Crippen LogP contribution in [0.1, 0.15) is 41.5 Å². The van der Waals surface area contributed by atoms with Crippen molar-refractivity contribution >= 4 is 12.2 Å². The lowest BCUT2D eigenvalue weighted by Crippen LogP contribution is -2.64. The molecule has 7 nitrogen and oxygen atoms in total. The van der Waals surface area contributed by atoms with Gasteiger partial charge in [0.25, 0.3) is 0 Å². The minimum absolute atomic E-state index is 0.123. The number of hydrogen-bond acceptors (Lipinski definition) is 5. The van der Waals surface area contributed by atoms with Gasteiger partial charge in [0.2, 0.25) is 0 Å². The van der Waals surface area contributed by atoms with Crippen LogP contribution in [0.5, 0.6) is 0 Å². The van der Waals surface area contributed by atoms with Crippen molar-refractivity contribution in [3.05, 3.63) is 0 Å². The van der Waals surface area contributed by atoms with Gasteiger partial charge in [0, 0.05) is 25.0 Å². The number of amides is 2. The Hall–Kier alpha value is -1.50. The number of likely N-dealkylation sites (tertiary alicyclic amines) is 1. The average Bonchev–Trinajstić information content (AvgIpc) is 2.22. The first kappa shape index (κ1) is 18.5. The van der Waals surface area contributed by atoms with Gasteiger partial charge in [-0.2, -0.15) is 0 Å². The molecule has 1 aliphatic rings. The Morgan fingerprint density at radius 3 is 2.00 bits per heavy atom. The third-order valence-electron chi connectivity index (χ3n) is 3.05. The lowest BCUT2D eigenvalue weighted by Gasteiger charge is -2.48. The van der Waals surface area contributed by atoms with Crippen LogP contribution in [-0.4, -0.2) is 59.6 Å². The molecule has 1 heterocycles. The molecule has 0 radical (unpaired) electrons. The van der Waals surface area contributed by atoms with Gasteiger partial charge >= 0.3 is 12.2 Å². The molecule has 0 aromatic heterocycles. The van der Waals surface area contributed by atoms with E-state index in [1.165, 1.54) is 4.90 Å². The Morgan fingerprint density at radius 2 is 1.59 bits per heavy atom. The predicted molar refractivity (Wildman–Crippen MR) is 81.6 cm³/mol. The van der Waals surface area contributed by atoms with Crippen LogP contribution in [0.2, 0.25) is 0 Å². The summed E-state index contributed by atoms with van der Waals surface area (Å²) in [5.74, 6) is 0. The van der Waals surface area contributed by atoms with E-state index in [-0.39, 0.29) is 13.2 Å². The number of nitrogens with one attached hydrogen (secondary N) is 1. The summed E-state index contributed by atoms with van der Waals surface area (Å²) in [6.07, 6.45) is -0.940. The molecule has 0 bridgehead atoms. The fourth-order valence-electron chi connectivity index (χ4n) is 2.06. The molecular weight excluding hydrogens is 288 g/mol. The Morgan fingerprint density at radius 1 is 1.09 bits per heavy atom. The number of aliphatic hydroxyl groups excluding tert-OH is 1. The zero-order valence-electron chi connectivity index (χ0n) is 14.4. The summed E-state index contributed by atoms with van der Waals surface area (Å²) in [7, 11) is 0. The Labute approximate surface area is 131 Å². The first-order chi connectivity index (χ1) is 9.86. The number of aliphatic hydroxyl groups is 1. The lowest BCUT2D eigenvalue weighted by molar-refractivity contribution is -0.0549. The molecule has 0 aromatic carbocycles. The van der Waals surface area contributed by atoms with E-state index in [0.717, 1.165) is 0 Å². The van der Waals surface area contributed by atoms with Crippen molar-refractivity contribution in [2.75, 3.05) is 26.2 Å². The first-order valence-electron chi connectivity index (χ1n) is 7.41. The smallest absolute Gasteiger partial charge is 0.410 e. The molecule has 0 spiro atoms. The summed E-state index contributed by atoms with van der Waals surface area (Å²) in [4.78, 5) is 25.0. The van der Waals surface area contributed by atoms with Crippen molar-refractivity contribution in [2.45, 2.75) is 52.7 Å². The minimum Gasteiger partial charge on any atom is -0.444 e. The largest absolute Gasteiger partial charge is 0.444 e. The van der Waals surface area contributed by atoms with Crippen LogP contribution in [0, 0.1) is 5.41 Å². The van der Waals surface area contributed by atoms with Crippen molar-refractivity contribution in [2.24, 2.45) is 5.41 Å². The molecule has 1 fully saturated rings. The van der Waals surface area contributed by atoms with Gasteiger partial charge in [0.05, 0.1) is 6.61 Å². The summed E-state index contributed by atoms with van der Waals surface area (Å²) < 4.78 is 10.4. The standard InChI is InChI=1S/C15H28N2O5/c1-13(2,3)21-11(19)16-7-15(10-18)8-17(9-15)12(20)22-14(4,5)6/h18H,7-10H2,1-6H3,(H,16,19). The number of nitrogens with zero attached hydrogens (tertiary/aromatic N) is 1. The van der Waals surface area contributed by atoms with Gasteiger partial charge in [-0.25, -0.2) is 9.59 Å². The highest BCUT2D eigenvalue weighted by atomic mass is 16.6. The Kier molecular flexibility index (Phi) is 5.33. The maximum absolute atomic E-state index is 11.9. The molecule has 0 atom stereocenters. The number of alkyl carbamates (subject to hydrolysis) is 1. The number of hydrogen-bond donors (Lipinski definition) is 2. The summed E-state index contributed by atoms with van der Waals surface area (Å²) in [6, 6.07) is 0. The Balaban J connectivity index is 2.44. The highest BCUT2D eigenvalue weighted by molar-refractivity contribution is 5.70. The summed E-state index contributed by atoms with van der Waals surface area (Å²) in [5, 5.41) is 12.2. The molecule has 1 aliphatic heterocycles. The van der Waals surface area contributed by atoms with Crippen molar-refractivity contribution in [3.8, 4) is 0 Å². The van der Waals surface area contributed by atoms with Crippen LogP contribution in [0.15, 0.2) is 0 Å². The number of carbonyl (C=O) groups excluding carboxylic acids is 2. The second-order valence-corrected chi connectivity index (χ2v) is 7.85. The van der Waals surface area contributed by atoms with Crippen LogP contribution in [-0.2, 0) is 9.47 Å². The lowest BCUT2D eigenvalue weighted by atomic mass is 9.81. The van der Waals surface area contributed by atoms with Crippen LogP contribution < -0.4 is 5.32 Å². The molecule has 0 aliphatic carbocycles. The van der Waals surface area contributed by atoms with E-state index in [1.807, 2.05) is 0 Å². The van der Waals surface area contributed by atoms with Gasteiger partial charge in [-0.1, -0.05) is 0 Å². The minimum atomic E-state index is -0.571. The average molecular weight is 316 g/mol.